The molecule has 0 aliphatic carbocycles. The third-order valence-corrected chi connectivity index (χ3v) is 5.20. The summed E-state index contributed by atoms with van der Waals surface area (Å²) in [5, 5.41) is 4.85. The molecule has 2 bridgehead atoms. The Kier molecular flexibility index (Phi) is 4.03. The van der Waals surface area contributed by atoms with Crippen LogP contribution in [-0.2, 0) is 6.42 Å². The Morgan fingerprint density at radius 2 is 2.00 bits per heavy atom. The van der Waals surface area contributed by atoms with Crippen molar-refractivity contribution in [3.05, 3.63) is 5.82 Å². The Labute approximate surface area is 119 Å². The molecule has 0 amide bonds. The minimum Gasteiger partial charge on any atom is -0.344 e. The van der Waals surface area contributed by atoms with E-state index in [1.807, 2.05) is 0 Å². The smallest absolute Gasteiger partial charge is 0.205 e. The number of nitrogens with one attached hydrogen (secondary N) is 1. The second-order valence-corrected chi connectivity index (χ2v) is 6.52. The van der Waals surface area contributed by atoms with Gasteiger partial charge >= 0.3 is 0 Å². The molecule has 1 aromatic heterocycles. The van der Waals surface area contributed by atoms with Gasteiger partial charge in [0.2, 0.25) is 5.13 Å². The highest BCUT2D eigenvalue weighted by molar-refractivity contribution is 7.09. The highest BCUT2D eigenvalue weighted by atomic mass is 32.1. The minimum atomic E-state index is 0.658. The molecule has 1 N–H and O–H groups in total. The Balaban J connectivity index is 1.72. The highest BCUT2D eigenvalue weighted by Gasteiger charge is 2.36. The summed E-state index contributed by atoms with van der Waals surface area (Å²) in [6.45, 7) is 5.47. The summed E-state index contributed by atoms with van der Waals surface area (Å²) in [7, 11) is 0. The van der Waals surface area contributed by atoms with Crippen LogP contribution in [-0.4, -0.2) is 34.0 Å². The monoisotopic (exact) mass is 280 g/mol. The zero-order valence-corrected chi connectivity index (χ0v) is 12.7. The van der Waals surface area contributed by atoms with Crippen molar-refractivity contribution in [3.63, 3.8) is 0 Å². The summed E-state index contributed by atoms with van der Waals surface area (Å²) >= 11 is 1.58. The van der Waals surface area contributed by atoms with Crippen LogP contribution in [0.1, 0.15) is 51.8 Å². The predicted molar refractivity (Wildman–Crippen MR) is 79.9 cm³/mol. The van der Waals surface area contributed by atoms with Crippen LogP contribution in [0.15, 0.2) is 0 Å². The molecule has 0 radical (unpaired) electrons. The van der Waals surface area contributed by atoms with Crippen molar-refractivity contribution in [3.8, 4) is 0 Å². The molecule has 2 unspecified atom stereocenters. The molecule has 3 rings (SSSR count). The number of nitrogens with zero attached hydrogens (tertiary/aromatic N) is 3. The minimum absolute atomic E-state index is 0.658. The Bertz CT molecular complexity index is 407. The van der Waals surface area contributed by atoms with Crippen LogP contribution in [0.25, 0.3) is 0 Å². The van der Waals surface area contributed by atoms with Crippen LogP contribution < -0.4 is 10.2 Å². The van der Waals surface area contributed by atoms with Gasteiger partial charge in [0.25, 0.3) is 0 Å². The van der Waals surface area contributed by atoms with Crippen molar-refractivity contribution in [1.29, 1.82) is 0 Å². The van der Waals surface area contributed by atoms with Gasteiger partial charge in [-0.3, -0.25) is 0 Å². The Morgan fingerprint density at radius 3 is 2.63 bits per heavy atom. The van der Waals surface area contributed by atoms with Crippen molar-refractivity contribution in [2.75, 3.05) is 11.4 Å². The zero-order chi connectivity index (χ0) is 13.2. The van der Waals surface area contributed by atoms with E-state index in [9.17, 15) is 0 Å². The maximum atomic E-state index is 4.73. The van der Waals surface area contributed by atoms with Crippen LogP contribution >= 0.6 is 11.5 Å². The van der Waals surface area contributed by atoms with Gasteiger partial charge in [-0.25, -0.2) is 4.98 Å². The first-order valence-electron chi connectivity index (χ1n) is 7.65. The molecule has 2 fully saturated rings. The summed E-state index contributed by atoms with van der Waals surface area (Å²) in [6.07, 6.45) is 7.39. The maximum absolute atomic E-state index is 4.73. The van der Waals surface area contributed by atoms with Gasteiger partial charge in [0.1, 0.15) is 5.82 Å². The fourth-order valence-electron chi connectivity index (χ4n) is 3.52. The molecule has 4 nitrogen and oxygen atoms in total. The summed E-state index contributed by atoms with van der Waals surface area (Å²) in [5.41, 5.74) is 0. The van der Waals surface area contributed by atoms with Crippen molar-refractivity contribution in [2.24, 2.45) is 0 Å². The summed E-state index contributed by atoms with van der Waals surface area (Å²) in [5.74, 6) is 1.03. The van der Waals surface area contributed by atoms with Gasteiger partial charge < -0.3 is 10.2 Å². The van der Waals surface area contributed by atoms with E-state index in [0.29, 0.717) is 6.04 Å². The molecule has 5 heteroatoms. The van der Waals surface area contributed by atoms with Crippen molar-refractivity contribution < 1.29 is 0 Å². The lowest BCUT2D eigenvalue weighted by Gasteiger charge is -2.36. The van der Waals surface area contributed by atoms with Gasteiger partial charge in [-0.2, -0.15) is 4.37 Å². The largest absolute Gasteiger partial charge is 0.344 e. The lowest BCUT2D eigenvalue weighted by atomic mass is 9.98. The van der Waals surface area contributed by atoms with Crippen molar-refractivity contribution >= 4 is 16.7 Å². The van der Waals surface area contributed by atoms with Gasteiger partial charge in [0.15, 0.2) is 0 Å². The van der Waals surface area contributed by atoms with E-state index in [1.165, 1.54) is 25.7 Å². The van der Waals surface area contributed by atoms with Crippen LogP contribution in [0.3, 0.4) is 0 Å². The van der Waals surface area contributed by atoms with E-state index < -0.39 is 0 Å². The van der Waals surface area contributed by atoms with Gasteiger partial charge in [0, 0.05) is 42.6 Å². The number of piperidine rings is 1. The van der Waals surface area contributed by atoms with E-state index >= 15 is 0 Å². The molecular weight excluding hydrogens is 256 g/mol. The van der Waals surface area contributed by atoms with Crippen LogP contribution in [0.4, 0.5) is 5.13 Å². The van der Waals surface area contributed by atoms with Crippen molar-refractivity contribution in [2.45, 2.75) is 70.5 Å². The third kappa shape index (κ3) is 2.77. The van der Waals surface area contributed by atoms with Gasteiger partial charge in [-0.15, -0.1) is 0 Å². The average Bonchev–Trinajstić information content (AvgIpc) is 2.99. The first kappa shape index (κ1) is 13.3. The number of rotatable bonds is 5. The van der Waals surface area contributed by atoms with Crippen molar-refractivity contribution in [1.82, 2.24) is 14.7 Å². The maximum Gasteiger partial charge on any atom is 0.205 e. The second-order valence-electron chi connectivity index (χ2n) is 5.79. The molecule has 19 heavy (non-hydrogen) atoms. The quantitative estimate of drug-likeness (QED) is 0.900. The molecule has 0 spiro atoms. The van der Waals surface area contributed by atoms with E-state index in [2.05, 4.69) is 28.4 Å². The molecule has 2 saturated heterocycles. The molecule has 2 aliphatic rings. The predicted octanol–water partition coefficient (Wildman–Crippen LogP) is 2.60. The molecule has 2 atom stereocenters. The standard InChI is InChI=1S/C14H24N4S/c1-3-5-13-16-14(19-17-13)18(4-2)12-8-10-6-7-11(9-12)15-10/h10-12,15H,3-9H2,1-2H3. The summed E-state index contributed by atoms with van der Waals surface area (Å²) < 4.78 is 4.50. The van der Waals surface area contributed by atoms with Gasteiger partial charge in [-0.05, 0) is 39.0 Å². The van der Waals surface area contributed by atoms with Crippen LogP contribution in [0, 0.1) is 0 Å². The fourth-order valence-corrected chi connectivity index (χ4v) is 4.37. The number of hydrogen-bond acceptors (Lipinski definition) is 5. The van der Waals surface area contributed by atoms with Gasteiger partial charge in [-0.1, -0.05) is 6.92 Å². The molecule has 0 saturated carbocycles. The Morgan fingerprint density at radius 1 is 1.26 bits per heavy atom. The van der Waals surface area contributed by atoms with E-state index in [-0.39, 0.29) is 0 Å². The molecule has 3 heterocycles. The van der Waals surface area contributed by atoms with Crippen LogP contribution in [0.5, 0.6) is 0 Å². The van der Waals surface area contributed by atoms with E-state index in [0.717, 1.165) is 42.4 Å². The second kappa shape index (κ2) is 5.75. The molecular formula is C14H24N4S. The third-order valence-electron chi connectivity index (χ3n) is 4.41. The van der Waals surface area contributed by atoms with E-state index in [1.54, 1.807) is 11.5 Å². The number of aryl methyl sites for hydroxylation is 1. The fraction of sp³-hybridized carbons (Fsp3) is 0.857. The highest BCUT2D eigenvalue weighted by Crippen LogP contribution is 2.32. The summed E-state index contributed by atoms with van der Waals surface area (Å²) in [6, 6.07) is 2.13. The van der Waals surface area contributed by atoms with Gasteiger partial charge in [0.05, 0.1) is 0 Å². The number of aromatic nitrogens is 2. The lowest BCUT2D eigenvalue weighted by molar-refractivity contribution is 0.349. The average molecular weight is 280 g/mol. The topological polar surface area (TPSA) is 41.1 Å². The number of anilines is 1. The summed E-state index contributed by atoms with van der Waals surface area (Å²) in [4.78, 5) is 7.22. The molecule has 1 aromatic rings. The first-order valence-corrected chi connectivity index (χ1v) is 8.42. The number of hydrogen-bond donors (Lipinski definition) is 1. The first-order chi connectivity index (χ1) is 9.30. The SMILES string of the molecule is CCCc1nsc(N(CC)C2CC3CCC(C2)N3)n1. The van der Waals surface area contributed by atoms with E-state index in [4.69, 9.17) is 4.98 Å². The molecule has 106 valence electrons. The molecule has 2 aliphatic heterocycles. The lowest BCUT2D eigenvalue weighted by Crippen LogP contribution is -2.48. The zero-order valence-electron chi connectivity index (χ0n) is 11.9. The molecule has 0 aromatic carbocycles. The normalized spacial score (nSPS) is 29.7. The van der Waals surface area contributed by atoms with Crippen LogP contribution in [0.2, 0.25) is 0 Å². The number of fused-ring (bicyclic) bond motifs is 2. The Hall–Kier alpha value is -0.680.